The Morgan fingerprint density at radius 3 is 2.70 bits per heavy atom. The van der Waals surface area contributed by atoms with E-state index in [0.29, 0.717) is 12.6 Å². The molecule has 5 heteroatoms. The van der Waals surface area contributed by atoms with Gasteiger partial charge in [-0.15, -0.1) is 0 Å². The van der Waals surface area contributed by atoms with E-state index >= 15 is 0 Å². The molecule has 0 aliphatic carbocycles. The fraction of sp³-hybridized carbons (Fsp3) is 0.556. The van der Waals surface area contributed by atoms with E-state index < -0.39 is 5.97 Å². The third-order valence-corrected chi connectivity index (χ3v) is 4.35. The van der Waals surface area contributed by atoms with Crippen molar-refractivity contribution in [3.8, 4) is 0 Å². The van der Waals surface area contributed by atoms with Crippen LogP contribution < -0.4 is 0 Å². The summed E-state index contributed by atoms with van der Waals surface area (Å²) in [7, 11) is 0. The Balaban J connectivity index is 2.02. The molecule has 23 heavy (non-hydrogen) atoms. The SMILES string of the molecule is C=C(CN(Cc1cc(C(=O)O)ccn1)C(C)C)N1CCCCC1. The van der Waals surface area contributed by atoms with Gasteiger partial charge in [-0.25, -0.2) is 4.79 Å². The number of nitrogens with zero attached hydrogens (tertiary/aromatic N) is 3. The lowest BCUT2D eigenvalue weighted by Gasteiger charge is -2.35. The quantitative estimate of drug-likeness (QED) is 0.838. The maximum absolute atomic E-state index is 11.1. The third-order valence-electron chi connectivity index (χ3n) is 4.35. The van der Waals surface area contributed by atoms with Crippen LogP contribution in [0.3, 0.4) is 0 Å². The van der Waals surface area contributed by atoms with E-state index in [1.807, 2.05) is 0 Å². The van der Waals surface area contributed by atoms with Crippen molar-refractivity contribution in [2.24, 2.45) is 0 Å². The fourth-order valence-electron chi connectivity index (χ4n) is 2.87. The molecule has 2 heterocycles. The van der Waals surface area contributed by atoms with Crippen molar-refractivity contribution in [2.45, 2.75) is 45.7 Å². The van der Waals surface area contributed by atoms with Crippen LogP contribution in [0.2, 0.25) is 0 Å². The van der Waals surface area contributed by atoms with E-state index in [4.69, 9.17) is 5.11 Å². The van der Waals surface area contributed by atoms with Crippen molar-refractivity contribution < 1.29 is 9.90 Å². The zero-order chi connectivity index (χ0) is 16.8. The van der Waals surface area contributed by atoms with E-state index in [2.05, 4.69) is 35.2 Å². The zero-order valence-corrected chi connectivity index (χ0v) is 14.2. The van der Waals surface area contributed by atoms with Crippen LogP contribution in [0, 0.1) is 0 Å². The number of aromatic carboxylic acids is 1. The molecule has 1 aliphatic heterocycles. The number of carboxylic acids is 1. The second-order valence-corrected chi connectivity index (χ2v) is 6.45. The van der Waals surface area contributed by atoms with Crippen molar-refractivity contribution in [3.63, 3.8) is 0 Å². The minimum Gasteiger partial charge on any atom is -0.478 e. The highest BCUT2D eigenvalue weighted by Gasteiger charge is 2.18. The van der Waals surface area contributed by atoms with Gasteiger partial charge in [0.25, 0.3) is 0 Å². The first-order valence-electron chi connectivity index (χ1n) is 8.32. The molecule has 0 bridgehead atoms. The number of rotatable bonds is 7. The first-order valence-corrected chi connectivity index (χ1v) is 8.32. The van der Waals surface area contributed by atoms with Gasteiger partial charge in [0.05, 0.1) is 11.3 Å². The molecule has 0 atom stereocenters. The van der Waals surface area contributed by atoms with E-state index in [1.165, 1.54) is 25.3 Å². The van der Waals surface area contributed by atoms with Crippen LogP contribution in [0.5, 0.6) is 0 Å². The summed E-state index contributed by atoms with van der Waals surface area (Å²) in [6.45, 7) is 12.2. The van der Waals surface area contributed by atoms with Crippen molar-refractivity contribution >= 4 is 5.97 Å². The van der Waals surface area contributed by atoms with Gasteiger partial charge in [0.15, 0.2) is 0 Å². The number of carboxylic acid groups (broad SMARTS) is 1. The molecule has 5 nitrogen and oxygen atoms in total. The predicted octanol–water partition coefficient (Wildman–Crippen LogP) is 2.99. The minimum absolute atomic E-state index is 0.286. The maximum atomic E-state index is 11.1. The van der Waals surface area contributed by atoms with Crippen molar-refractivity contribution in [1.29, 1.82) is 0 Å². The number of aromatic nitrogens is 1. The molecular formula is C18H27N3O2. The molecule has 1 aromatic heterocycles. The van der Waals surface area contributed by atoms with Crippen LogP contribution in [-0.4, -0.2) is 51.5 Å². The molecule has 0 saturated carbocycles. The number of carbonyl (C=O) groups is 1. The highest BCUT2D eigenvalue weighted by atomic mass is 16.4. The third kappa shape index (κ3) is 5.06. The molecule has 1 aromatic rings. The monoisotopic (exact) mass is 317 g/mol. The van der Waals surface area contributed by atoms with Gasteiger partial charge in [-0.2, -0.15) is 0 Å². The Morgan fingerprint density at radius 2 is 2.09 bits per heavy atom. The van der Waals surface area contributed by atoms with Gasteiger partial charge < -0.3 is 10.0 Å². The lowest BCUT2D eigenvalue weighted by atomic mass is 10.1. The average Bonchev–Trinajstić information content (AvgIpc) is 2.55. The molecular weight excluding hydrogens is 290 g/mol. The Hall–Kier alpha value is -1.88. The Morgan fingerprint density at radius 1 is 1.39 bits per heavy atom. The number of pyridine rings is 1. The summed E-state index contributed by atoms with van der Waals surface area (Å²) < 4.78 is 0. The van der Waals surface area contributed by atoms with Crippen LogP contribution in [-0.2, 0) is 6.54 Å². The molecule has 126 valence electrons. The van der Waals surface area contributed by atoms with E-state index in [1.54, 1.807) is 12.3 Å². The zero-order valence-electron chi connectivity index (χ0n) is 14.2. The second kappa shape index (κ2) is 8.11. The summed E-state index contributed by atoms with van der Waals surface area (Å²) in [6, 6.07) is 3.52. The van der Waals surface area contributed by atoms with Gasteiger partial charge in [0.2, 0.25) is 0 Å². The summed E-state index contributed by atoms with van der Waals surface area (Å²) >= 11 is 0. The largest absolute Gasteiger partial charge is 0.478 e. The van der Waals surface area contributed by atoms with Gasteiger partial charge in [0, 0.05) is 44.1 Å². The topological polar surface area (TPSA) is 56.7 Å². The van der Waals surface area contributed by atoms with Gasteiger partial charge in [-0.3, -0.25) is 9.88 Å². The first kappa shape index (κ1) is 17.5. The summed E-state index contributed by atoms with van der Waals surface area (Å²) in [4.78, 5) is 20.1. The predicted molar refractivity (Wildman–Crippen MR) is 91.3 cm³/mol. The molecule has 0 spiro atoms. The molecule has 0 amide bonds. The smallest absolute Gasteiger partial charge is 0.335 e. The first-order chi connectivity index (χ1) is 11.0. The van der Waals surface area contributed by atoms with Crippen LogP contribution in [0.4, 0.5) is 0 Å². The standard InChI is InChI=1S/C18H27N3O2/c1-14(2)21(12-15(3)20-9-5-4-6-10-20)13-17-11-16(18(22)23)7-8-19-17/h7-8,11,14H,3-6,9-10,12-13H2,1-2H3,(H,22,23). The van der Waals surface area contributed by atoms with Crippen LogP contribution in [0.15, 0.2) is 30.6 Å². The van der Waals surface area contributed by atoms with Crippen LogP contribution >= 0.6 is 0 Å². The average molecular weight is 317 g/mol. The van der Waals surface area contributed by atoms with E-state index in [9.17, 15) is 4.79 Å². The molecule has 1 fully saturated rings. The lowest BCUT2D eigenvalue weighted by molar-refractivity contribution is 0.0696. The van der Waals surface area contributed by atoms with Crippen LogP contribution in [0.25, 0.3) is 0 Å². The number of hydrogen-bond donors (Lipinski definition) is 1. The van der Waals surface area contributed by atoms with Crippen molar-refractivity contribution in [1.82, 2.24) is 14.8 Å². The Labute approximate surface area is 138 Å². The summed E-state index contributed by atoms with van der Waals surface area (Å²) in [5, 5.41) is 9.11. The normalized spacial score (nSPS) is 15.2. The number of likely N-dealkylation sites (tertiary alicyclic amines) is 1. The van der Waals surface area contributed by atoms with Gasteiger partial charge in [0.1, 0.15) is 0 Å². The molecule has 1 saturated heterocycles. The Kier molecular flexibility index (Phi) is 6.16. The Bertz CT molecular complexity index is 551. The van der Waals surface area contributed by atoms with Crippen molar-refractivity contribution in [3.05, 3.63) is 41.9 Å². The summed E-state index contributed by atoms with van der Waals surface area (Å²) in [5.41, 5.74) is 2.21. The maximum Gasteiger partial charge on any atom is 0.335 e. The molecule has 2 rings (SSSR count). The van der Waals surface area contributed by atoms with Gasteiger partial charge >= 0.3 is 5.97 Å². The number of hydrogen-bond acceptors (Lipinski definition) is 4. The number of piperidine rings is 1. The highest BCUT2D eigenvalue weighted by Crippen LogP contribution is 2.17. The van der Waals surface area contributed by atoms with E-state index in [-0.39, 0.29) is 5.56 Å². The minimum atomic E-state index is -0.914. The summed E-state index contributed by atoms with van der Waals surface area (Å²) in [5.74, 6) is -0.914. The van der Waals surface area contributed by atoms with Crippen molar-refractivity contribution in [2.75, 3.05) is 19.6 Å². The molecule has 0 aromatic carbocycles. The second-order valence-electron chi connectivity index (χ2n) is 6.45. The lowest BCUT2D eigenvalue weighted by Crippen LogP contribution is -2.38. The molecule has 0 radical (unpaired) electrons. The molecule has 0 unspecified atom stereocenters. The summed E-state index contributed by atoms with van der Waals surface area (Å²) in [6.07, 6.45) is 5.35. The van der Waals surface area contributed by atoms with Crippen LogP contribution in [0.1, 0.15) is 49.2 Å². The molecule has 1 N–H and O–H groups in total. The fourth-order valence-corrected chi connectivity index (χ4v) is 2.87. The van der Waals surface area contributed by atoms with Gasteiger partial charge in [-0.1, -0.05) is 6.58 Å². The van der Waals surface area contributed by atoms with Gasteiger partial charge in [-0.05, 0) is 45.2 Å². The van der Waals surface area contributed by atoms with E-state index in [0.717, 1.165) is 31.0 Å². The highest BCUT2D eigenvalue weighted by molar-refractivity contribution is 5.87. The molecule has 1 aliphatic rings.